The predicted octanol–water partition coefficient (Wildman–Crippen LogP) is 1.07. The van der Waals surface area contributed by atoms with Crippen LogP contribution >= 0.6 is 0 Å². The van der Waals surface area contributed by atoms with E-state index in [0.717, 1.165) is 6.08 Å². The molecular weight excluding hydrogens is 172 g/mol. The average Bonchev–Trinajstić information content (AvgIpc) is 2.14. The van der Waals surface area contributed by atoms with E-state index in [2.05, 4.69) is 0 Å². The first-order valence-corrected chi connectivity index (χ1v) is 4.03. The molecule has 0 aromatic heterocycles. The Bertz CT molecular complexity index is 198. The van der Waals surface area contributed by atoms with Crippen LogP contribution in [0.25, 0.3) is 0 Å². The number of aliphatic hydroxyl groups excluding tert-OH is 1. The van der Waals surface area contributed by atoms with Gasteiger partial charge in [0.05, 0.1) is 0 Å². The third-order valence-corrected chi connectivity index (χ3v) is 1.81. The lowest BCUT2D eigenvalue weighted by Crippen LogP contribution is -2.19. The summed E-state index contributed by atoms with van der Waals surface area (Å²) in [6, 6.07) is 0. The highest BCUT2D eigenvalue weighted by atomic mass is 16.5. The Morgan fingerprint density at radius 1 is 1.23 bits per heavy atom. The van der Waals surface area contributed by atoms with E-state index in [1.165, 1.54) is 14.2 Å². The number of hydrogen-bond acceptors (Lipinski definition) is 4. The second-order valence-corrected chi connectivity index (χ2v) is 2.73. The highest BCUT2D eigenvalue weighted by Gasteiger charge is 2.12. The monoisotopic (exact) mass is 188 g/mol. The fourth-order valence-electron chi connectivity index (χ4n) is 0.617. The molecule has 13 heavy (non-hydrogen) atoms. The molecule has 0 aliphatic carbocycles. The van der Waals surface area contributed by atoms with Crippen molar-refractivity contribution in [2.45, 2.75) is 26.1 Å². The highest BCUT2D eigenvalue weighted by molar-refractivity contribution is 5.93. The van der Waals surface area contributed by atoms with E-state index in [1.54, 1.807) is 13.8 Å². The fourth-order valence-corrected chi connectivity index (χ4v) is 0.617. The molecule has 0 radical (unpaired) electrons. The van der Waals surface area contributed by atoms with Gasteiger partial charge in [-0.2, -0.15) is 0 Å². The van der Waals surface area contributed by atoms with Gasteiger partial charge in [0.15, 0.2) is 5.78 Å². The van der Waals surface area contributed by atoms with Crippen LogP contribution in [0.15, 0.2) is 11.8 Å². The molecule has 0 bridgehead atoms. The molecule has 0 saturated carbocycles. The van der Waals surface area contributed by atoms with Gasteiger partial charge in [0.1, 0.15) is 18.0 Å². The molecule has 0 aliphatic heterocycles. The standard InChI is InChI=1S/C9H16O4/c1-6(12-3)8(10)5-9(11)7(2)13-4/h5-7,10H,1-4H3/b8-5-. The van der Waals surface area contributed by atoms with Gasteiger partial charge in [-0.05, 0) is 13.8 Å². The molecule has 0 fully saturated rings. The van der Waals surface area contributed by atoms with Crippen molar-refractivity contribution in [2.75, 3.05) is 14.2 Å². The minimum atomic E-state index is -0.536. The Morgan fingerprint density at radius 3 is 2.08 bits per heavy atom. The molecule has 0 heterocycles. The van der Waals surface area contributed by atoms with E-state index >= 15 is 0 Å². The van der Waals surface area contributed by atoms with Crippen LogP contribution < -0.4 is 0 Å². The Morgan fingerprint density at radius 2 is 1.69 bits per heavy atom. The van der Waals surface area contributed by atoms with E-state index in [0.29, 0.717) is 0 Å². The van der Waals surface area contributed by atoms with Gasteiger partial charge in [-0.3, -0.25) is 4.79 Å². The van der Waals surface area contributed by atoms with Gasteiger partial charge in [-0.1, -0.05) is 0 Å². The lowest BCUT2D eigenvalue weighted by Gasteiger charge is -2.09. The van der Waals surface area contributed by atoms with E-state index in [1.807, 2.05) is 0 Å². The molecule has 4 heteroatoms. The number of ether oxygens (including phenoxy) is 2. The van der Waals surface area contributed by atoms with Crippen molar-refractivity contribution < 1.29 is 19.4 Å². The zero-order chi connectivity index (χ0) is 10.4. The van der Waals surface area contributed by atoms with Crippen LogP contribution in [0.4, 0.5) is 0 Å². The second kappa shape index (κ2) is 5.72. The summed E-state index contributed by atoms with van der Waals surface area (Å²) in [6.07, 6.45) is 0.127. The van der Waals surface area contributed by atoms with Crippen LogP contribution in [0.1, 0.15) is 13.8 Å². The van der Waals surface area contributed by atoms with Gasteiger partial charge in [0, 0.05) is 20.3 Å². The second-order valence-electron chi connectivity index (χ2n) is 2.73. The molecule has 0 aromatic rings. The van der Waals surface area contributed by atoms with Crippen LogP contribution in [0.3, 0.4) is 0 Å². The topological polar surface area (TPSA) is 55.8 Å². The van der Waals surface area contributed by atoms with Crippen molar-refractivity contribution in [3.05, 3.63) is 11.8 Å². The summed E-state index contributed by atoms with van der Waals surface area (Å²) in [4.78, 5) is 11.2. The SMILES string of the molecule is COC(C)C(=O)/C=C(\O)C(C)OC. The normalized spacial score (nSPS) is 16.8. The molecule has 2 atom stereocenters. The third kappa shape index (κ3) is 4.05. The minimum Gasteiger partial charge on any atom is -0.509 e. The highest BCUT2D eigenvalue weighted by Crippen LogP contribution is 2.03. The smallest absolute Gasteiger partial charge is 0.187 e. The number of carbonyl (C=O) groups excluding carboxylic acids is 1. The summed E-state index contributed by atoms with van der Waals surface area (Å²) in [7, 11) is 2.89. The molecule has 0 spiro atoms. The quantitative estimate of drug-likeness (QED) is 0.518. The van der Waals surface area contributed by atoms with Crippen molar-refractivity contribution in [2.24, 2.45) is 0 Å². The summed E-state index contributed by atoms with van der Waals surface area (Å²) in [6.45, 7) is 3.26. The van der Waals surface area contributed by atoms with Crippen LogP contribution in [0.2, 0.25) is 0 Å². The van der Waals surface area contributed by atoms with Crippen LogP contribution in [-0.2, 0) is 14.3 Å². The lowest BCUT2D eigenvalue weighted by atomic mass is 10.2. The number of aliphatic hydroxyl groups is 1. The molecule has 1 N–H and O–H groups in total. The zero-order valence-electron chi connectivity index (χ0n) is 8.40. The zero-order valence-corrected chi connectivity index (χ0v) is 8.40. The lowest BCUT2D eigenvalue weighted by molar-refractivity contribution is -0.123. The molecule has 0 aromatic carbocycles. The molecule has 0 aliphatic rings. The number of carbonyl (C=O) groups is 1. The van der Waals surface area contributed by atoms with Crippen LogP contribution in [0.5, 0.6) is 0 Å². The van der Waals surface area contributed by atoms with E-state index in [9.17, 15) is 9.90 Å². The molecular formula is C9H16O4. The Labute approximate surface area is 78.2 Å². The van der Waals surface area contributed by atoms with Gasteiger partial charge in [-0.15, -0.1) is 0 Å². The number of rotatable bonds is 5. The Balaban J connectivity index is 4.29. The summed E-state index contributed by atoms with van der Waals surface area (Å²) in [5, 5.41) is 9.29. The van der Waals surface area contributed by atoms with Crippen LogP contribution in [-0.4, -0.2) is 37.3 Å². The molecule has 2 unspecified atom stereocenters. The van der Waals surface area contributed by atoms with Crippen molar-refractivity contribution in [1.82, 2.24) is 0 Å². The average molecular weight is 188 g/mol. The number of ketones is 1. The number of methoxy groups -OCH3 is 2. The van der Waals surface area contributed by atoms with Crippen molar-refractivity contribution in [1.29, 1.82) is 0 Å². The van der Waals surface area contributed by atoms with Crippen molar-refractivity contribution >= 4 is 5.78 Å². The van der Waals surface area contributed by atoms with Gasteiger partial charge >= 0.3 is 0 Å². The first-order chi connectivity index (χ1) is 6.02. The van der Waals surface area contributed by atoms with Gasteiger partial charge < -0.3 is 14.6 Å². The summed E-state index contributed by atoms with van der Waals surface area (Å²) >= 11 is 0. The maximum absolute atomic E-state index is 11.2. The van der Waals surface area contributed by atoms with Gasteiger partial charge in [0.2, 0.25) is 0 Å². The molecule has 4 nitrogen and oxygen atoms in total. The maximum Gasteiger partial charge on any atom is 0.187 e. The minimum absolute atomic E-state index is 0.0867. The summed E-state index contributed by atoms with van der Waals surface area (Å²) < 4.78 is 9.60. The predicted molar refractivity (Wildman–Crippen MR) is 48.7 cm³/mol. The van der Waals surface area contributed by atoms with Gasteiger partial charge in [-0.25, -0.2) is 0 Å². The Kier molecular flexibility index (Phi) is 5.34. The largest absolute Gasteiger partial charge is 0.509 e. The number of hydrogen-bond donors (Lipinski definition) is 1. The van der Waals surface area contributed by atoms with E-state index < -0.39 is 12.2 Å². The fraction of sp³-hybridized carbons (Fsp3) is 0.667. The van der Waals surface area contributed by atoms with Crippen molar-refractivity contribution in [3.8, 4) is 0 Å². The van der Waals surface area contributed by atoms with Crippen molar-refractivity contribution in [3.63, 3.8) is 0 Å². The van der Waals surface area contributed by atoms with E-state index in [4.69, 9.17) is 9.47 Å². The first kappa shape index (κ1) is 12.1. The molecule has 76 valence electrons. The maximum atomic E-state index is 11.2. The summed E-state index contributed by atoms with van der Waals surface area (Å²) in [5.41, 5.74) is 0. The Hall–Kier alpha value is -0.870. The molecule has 0 amide bonds. The first-order valence-electron chi connectivity index (χ1n) is 4.03. The molecule has 0 rings (SSSR count). The summed E-state index contributed by atoms with van der Waals surface area (Å²) in [5.74, 6) is -0.361. The third-order valence-electron chi connectivity index (χ3n) is 1.81. The molecule has 0 saturated heterocycles. The van der Waals surface area contributed by atoms with Crippen LogP contribution in [0, 0.1) is 0 Å². The van der Waals surface area contributed by atoms with E-state index in [-0.39, 0.29) is 11.5 Å². The van der Waals surface area contributed by atoms with Gasteiger partial charge in [0.25, 0.3) is 0 Å².